The Morgan fingerprint density at radius 2 is 2.05 bits per heavy atom. The summed E-state index contributed by atoms with van der Waals surface area (Å²) < 4.78 is 0. The molecule has 3 rings (SSSR count). The number of benzene rings is 1. The Bertz CT molecular complexity index is 751. The molecular weight excluding hydrogens is 254 g/mol. The Balaban J connectivity index is 2.04. The van der Waals surface area contributed by atoms with Gasteiger partial charge in [-0.15, -0.1) is 0 Å². The molecule has 0 aliphatic heterocycles. The Hall–Kier alpha value is -2.95. The first-order valence-corrected chi connectivity index (χ1v) is 6.04. The molecule has 1 aromatic carbocycles. The molecule has 0 saturated carbocycles. The molecule has 5 heteroatoms. The number of aromatic nitrogens is 3. The molecule has 0 saturated heterocycles. The molecule has 0 amide bonds. The molecule has 0 fully saturated rings. The highest BCUT2D eigenvalue weighted by Gasteiger charge is 2.08. The van der Waals surface area contributed by atoms with Crippen molar-refractivity contribution < 1.29 is 9.90 Å². The second-order valence-electron chi connectivity index (χ2n) is 4.24. The van der Waals surface area contributed by atoms with E-state index in [2.05, 4.69) is 15.0 Å². The molecule has 0 aliphatic rings. The van der Waals surface area contributed by atoms with Gasteiger partial charge in [-0.2, -0.15) is 0 Å². The number of hydrogen-bond donors (Lipinski definition) is 2. The summed E-state index contributed by atoms with van der Waals surface area (Å²) in [6, 6.07) is 12.2. The van der Waals surface area contributed by atoms with E-state index in [-0.39, 0.29) is 5.56 Å². The Morgan fingerprint density at radius 3 is 2.80 bits per heavy atom. The lowest BCUT2D eigenvalue weighted by Crippen LogP contribution is -1.97. The van der Waals surface area contributed by atoms with Crippen LogP contribution in [0.4, 0.5) is 0 Å². The van der Waals surface area contributed by atoms with E-state index in [1.165, 1.54) is 0 Å². The number of rotatable bonds is 3. The lowest BCUT2D eigenvalue weighted by atomic mass is 10.1. The van der Waals surface area contributed by atoms with Crippen molar-refractivity contribution in [1.82, 2.24) is 15.0 Å². The van der Waals surface area contributed by atoms with Gasteiger partial charge in [-0.05, 0) is 30.3 Å². The molecule has 2 aromatic heterocycles. The van der Waals surface area contributed by atoms with E-state index < -0.39 is 5.97 Å². The molecule has 3 aromatic rings. The quantitative estimate of drug-likeness (QED) is 0.763. The SMILES string of the molecule is O=C(O)c1cccc(-c2nccc(-c3ccc[nH]3)n2)c1. The van der Waals surface area contributed by atoms with Crippen molar-refractivity contribution in [2.45, 2.75) is 0 Å². The summed E-state index contributed by atoms with van der Waals surface area (Å²) in [5, 5.41) is 9.02. The summed E-state index contributed by atoms with van der Waals surface area (Å²) in [6.07, 6.45) is 3.48. The fourth-order valence-electron chi connectivity index (χ4n) is 1.93. The Kier molecular flexibility index (Phi) is 3.01. The molecule has 0 unspecified atom stereocenters. The van der Waals surface area contributed by atoms with Crippen LogP contribution in [0.1, 0.15) is 10.4 Å². The third-order valence-electron chi connectivity index (χ3n) is 2.90. The number of H-pyrrole nitrogens is 1. The number of carboxylic acid groups (broad SMARTS) is 1. The number of aromatic carboxylic acids is 1. The van der Waals surface area contributed by atoms with E-state index in [1.54, 1.807) is 36.5 Å². The van der Waals surface area contributed by atoms with Gasteiger partial charge in [0.25, 0.3) is 0 Å². The van der Waals surface area contributed by atoms with Crippen LogP contribution in [0, 0.1) is 0 Å². The highest BCUT2D eigenvalue weighted by molar-refractivity contribution is 5.89. The minimum Gasteiger partial charge on any atom is -0.478 e. The van der Waals surface area contributed by atoms with E-state index >= 15 is 0 Å². The standard InChI is InChI=1S/C15H11N3O2/c19-15(20)11-4-1-3-10(9-11)14-17-8-6-13(18-14)12-5-2-7-16-12/h1-9,16H,(H,19,20). The van der Waals surface area contributed by atoms with E-state index in [0.29, 0.717) is 11.4 Å². The number of nitrogens with zero attached hydrogens (tertiary/aromatic N) is 2. The van der Waals surface area contributed by atoms with Crippen LogP contribution in [0.15, 0.2) is 54.9 Å². The maximum atomic E-state index is 11.0. The number of nitrogens with one attached hydrogen (secondary N) is 1. The highest BCUT2D eigenvalue weighted by Crippen LogP contribution is 2.20. The topological polar surface area (TPSA) is 78.9 Å². The maximum Gasteiger partial charge on any atom is 0.335 e. The minimum absolute atomic E-state index is 0.219. The van der Waals surface area contributed by atoms with Gasteiger partial charge in [0.2, 0.25) is 0 Å². The number of hydrogen-bond acceptors (Lipinski definition) is 3. The van der Waals surface area contributed by atoms with Gasteiger partial charge >= 0.3 is 5.97 Å². The van der Waals surface area contributed by atoms with Crippen LogP contribution in [0.25, 0.3) is 22.8 Å². The van der Waals surface area contributed by atoms with Gasteiger partial charge in [-0.1, -0.05) is 12.1 Å². The average molecular weight is 265 g/mol. The average Bonchev–Trinajstić information content (AvgIpc) is 3.02. The summed E-state index contributed by atoms with van der Waals surface area (Å²) >= 11 is 0. The predicted molar refractivity (Wildman–Crippen MR) is 74.2 cm³/mol. The molecule has 2 N–H and O–H groups in total. The van der Waals surface area contributed by atoms with Gasteiger partial charge in [-0.3, -0.25) is 0 Å². The van der Waals surface area contributed by atoms with Crippen LogP contribution in [-0.4, -0.2) is 26.0 Å². The van der Waals surface area contributed by atoms with Gasteiger partial charge in [0, 0.05) is 18.0 Å². The first kappa shape index (κ1) is 12.1. The summed E-state index contributed by atoms with van der Waals surface area (Å²) in [7, 11) is 0. The third kappa shape index (κ3) is 2.29. The lowest BCUT2D eigenvalue weighted by molar-refractivity contribution is 0.0697. The zero-order valence-electron chi connectivity index (χ0n) is 10.4. The van der Waals surface area contributed by atoms with Crippen LogP contribution in [-0.2, 0) is 0 Å². The van der Waals surface area contributed by atoms with Crippen LogP contribution in [0.5, 0.6) is 0 Å². The first-order chi connectivity index (χ1) is 9.74. The van der Waals surface area contributed by atoms with Gasteiger partial charge in [-0.25, -0.2) is 14.8 Å². The summed E-state index contributed by atoms with van der Waals surface area (Å²) in [5.41, 5.74) is 2.55. The summed E-state index contributed by atoms with van der Waals surface area (Å²) in [6.45, 7) is 0. The van der Waals surface area contributed by atoms with Crippen molar-refractivity contribution in [3.05, 3.63) is 60.4 Å². The van der Waals surface area contributed by atoms with Crippen molar-refractivity contribution >= 4 is 5.97 Å². The van der Waals surface area contributed by atoms with Crippen molar-refractivity contribution in [2.24, 2.45) is 0 Å². The molecule has 0 bridgehead atoms. The first-order valence-electron chi connectivity index (χ1n) is 6.04. The molecule has 2 heterocycles. The highest BCUT2D eigenvalue weighted by atomic mass is 16.4. The number of aromatic amines is 1. The summed E-state index contributed by atoms with van der Waals surface area (Å²) in [5.74, 6) is -0.465. The molecule has 5 nitrogen and oxygen atoms in total. The molecule has 20 heavy (non-hydrogen) atoms. The molecule has 0 atom stereocenters. The minimum atomic E-state index is -0.965. The molecule has 0 aliphatic carbocycles. The zero-order chi connectivity index (χ0) is 13.9. The fraction of sp³-hybridized carbons (Fsp3) is 0. The predicted octanol–water partition coefficient (Wildman–Crippen LogP) is 2.84. The smallest absolute Gasteiger partial charge is 0.335 e. The van der Waals surface area contributed by atoms with Crippen molar-refractivity contribution in [3.63, 3.8) is 0 Å². The van der Waals surface area contributed by atoms with Crippen LogP contribution >= 0.6 is 0 Å². The zero-order valence-corrected chi connectivity index (χ0v) is 10.4. The molecule has 0 radical (unpaired) electrons. The van der Waals surface area contributed by atoms with Crippen LogP contribution < -0.4 is 0 Å². The lowest BCUT2D eigenvalue weighted by Gasteiger charge is -2.03. The van der Waals surface area contributed by atoms with Crippen molar-refractivity contribution in [2.75, 3.05) is 0 Å². The molecule has 98 valence electrons. The van der Waals surface area contributed by atoms with Crippen LogP contribution in [0.2, 0.25) is 0 Å². The van der Waals surface area contributed by atoms with E-state index in [9.17, 15) is 4.79 Å². The fourth-order valence-corrected chi connectivity index (χ4v) is 1.93. The maximum absolute atomic E-state index is 11.0. The largest absolute Gasteiger partial charge is 0.478 e. The Morgan fingerprint density at radius 1 is 1.15 bits per heavy atom. The second-order valence-corrected chi connectivity index (χ2v) is 4.24. The van der Waals surface area contributed by atoms with Gasteiger partial charge < -0.3 is 10.1 Å². The van der Waals surface area contributed by atoms with E-state index in [4.69, 9.17) is 5.11 Å². The molecule has 0 spiro atoms. The monoisotopic (exact) mass is 265 g/mol. The molecular formula is C15H11N3O2. The van der Waals surface area contributed by atoms with Crippen molar-refractivity contribution in [1.29, 1.82) is 0 Å². The van der Waals surface area contributed by atoms with Crippen molar-refractivity contribution in [3.8, 4) is 22.8 Å². The van der Waals surface area contributed by atoms with E-state index in [1.807, 2.05) is 18.3 Å². The Labute approximate surface area is 115 Å². The van der Waals surface area contributed by atoms with E-state index in [0.717, 1.165) is 11.4 Å². The normalized spacial score (nSPS) is 10.4. The summed E-state index contributed by atoms with van der Waals surface area (Å²) in [4.78, 5) is 22.7. The van der Waals surface area contributed by atoms with Gasteiger partial charge in [0.05, 0.1) is 17.0 Å². The second kappa shape index (κ2) is 4.97. The number of carboxylic acids is 1. The third-order valence-corrected chi connectivity index (χ3v) is 2.90. The van der Waals surface area contributed by atoms with Gasteiger partial charge in [0.15, 0.2) is 5.82 Å². The van der Waals surface area contributed by atoms with Crippen LogP contribution in [0.3, 0.4) is 0 Å². The van der Waals surface area contributed by atoms with Gasteiger partial charge in [0.1, 0.15) is 0 Å². The number of carbonyl (C=O) groups is 1.